The number of halogens is 2. The summed E-state index contributed by atoms with van der Waals surface area (Å²) in [5.41, 5.74) is 0.770. The van der Waals surface area contributed by atoms with E-state index < -0.39 is 0 Å². The van der Waals surface area contributed by atoms with E-state index >= 15 is 0 Å². The molecule has 1 unspecified atom stereocenters. The Labute approximate surface area is 152 Å². The average molecular weight is 378 g/mol. The fourth-order valence-corrected chi connectivity index (χ4v) is 3.56. The van der Waals surface area contributed by atoms with Crippen LogP contribution in [0.3, 0.4) is 0 Å². The number of nitrogens with zero attached hydrogens (tertiary/aromatic N) is 2. The van der Waals surface area contributed by atoms with Crippen LogP contribution in [0.1, 0.15) is 27.5 Å². The van der Waals surface area contributed by atoms with E-state index in [1.165, 1.54) is 11.3 Å². The number of thiazole rings is 1. The van der Waals surface area contributed by atoms with Crippen molar-refractivity contribution >= 4 is 42.1 Å². The van der Waals surface area contributed by atoms with Crippen LogP contribution >= 0.6 is 36.2 Å². The number of hydrogen-bond acceptors (Lipinski definition) is 5. The maximum absolute atomic E-state index is 12.6. The predicted molar refractivity (Wildman–Crippen MR) is 97.2 cm³/mol. The van der Waals surface area contributed by atoms with E-state index in [1.807, 2.05) is 37.9 Å². The predicted octanol–water partition coefficient (Wildman–Crippen LogP) is 3.30. The topological polar surface area (TPSA) is 58.4 Å². The molecule has 2 aromatic heterocycles. The first-order valence-corrected chi connectivity index (χ1v) is 7.90. The Balaban J connectivity index is 0.00000132. The van der Waals surface area contributed by atoms with Crippen LogP contribution in [0, 0.1) is 13.8 Å². The molecule has 23 heavy (non-hydrogen) atoms. The van der Waals surface area contributed by atoms with Crippen molar-refractivity contribution in [2.45, 2.75) is 26.3 Å². The lowest BCUT2D eigenvalue weighted by Crippen LogP contribution is -2.38. The van der Waals surface area contributed by atoms with Gasteiger partial charge in [-0.05, 0) is 38.9 Å². The molecule has 0 radical (unpaired) electrons. The van der Waals surface area contributed by atoms with Gasteiger partial charge in [-0.25, -0.2) is 4.98 Å². The number of aryl methyl sites for hydroxylation is 2. The summed E-state index contributed by atoms with van der Waals surface area (Å²) in [5.74, 6) is 1.62. The molecule has 128 valence electrons. The molecule has 1 aliphatic heterocycles. The minimum Gasteiger partial charge on any atom is -0.459 e. The first-order chi connectivity index (χ1) is 10.1. The molecule has 1 N–H and O–H groups in total. The van der Waals surface area contributed by atoms with Gasteiger partial charge in [-0.15, -0.1) is 36.2 Å². The smallest absolute Gasteiger partial charge is 0.265 e. The zero-order valence-corrected chi connectivity index (χ0v) is 15.7. The van der Waals surface area contributed by atoms with E-state index in [0.717, 1.165) is 41.7 Å². The van der Waals surface area contributed by atoms with E-state index in [2.05, 4.69) is 10.3 Å². The van der Waals surface area contributed by atoms with E-state index in [4.69, 9.17) is 4.42 Å². The Hall–Kier alpha value is -1.08. The molecule has 3 rings (SSSR count). The van der Waals surface area contributed by atoms with Crippen molar-refractivity contribution in [3.05, 3.63) is 28.5 Å². The van der Waals surface area contributed by atoms with E-state index in [9.17, 15) is 4.79 Å². The average Bonchev–Trinajstić information content (AvgIpc) is 3.17. The fourth-order valence-electron chi connectivity index (χ4n) is 2.55. The third-order valence-corrected chi connectivity index (χ3v) is 5.00. The highest BCUT2D eigenvalue weighted by atomic mass is 35.5. The highest BCUT2D eigenvalue weighted by Crippen LogP contribution is 2.30. The lowest BCUT2D eigenvalue weighted by atomic mass is 10.2. The zero-order chi connectivity index (χ0) is 15.0. The Kier molecular flexibility index (Phi) is 7.07. The molecular weight excluding hydrogens is 357 g/mol. The molecule has 1 aliphatic rings. The fraction of sp³-hybridized carbons (Fsp3) is 0.467. The number of likely N-dealkylation sites (N-methyl/N-ethyl adjacent to an activating group) is 1. The van der Waals surface area contributed by atoms with Gasteiger partial charge < -0.3 is 14.6 Å². The first kappa shape index (κ1) is 20.0. The Morgan fingerprint density at radius 1 is 1.39 bits per heavy atom. The minimum absolute atomic E-state index is 0. The van der Waals surface area contributed by atoms with Crippen LogP contribution < -0.4 is 5.32 Å². The lowest BCUT2D eigenvalue weighted by molar-refractivity contribution is 0.0747. The summed E-state index contributed by atoms with van der Waals surface area (Å²) < 4.78 is 5.59. The summed E-state index contributed by atoms with van der Waals surface area (Å²) in [6.45, 7) is 5.62. The van der Waals surface area contributed by atoms with Crippen LogP contribution in [-0.2, 0) is 0 Å². The number of amides is 1. The van der Waals surface area contributed by atoms with Gasteiger partial charge in [-0.3, -0.25) is 4.79 Å². The summed E-state index contributed by atoms with van der Waals surface area (Å²) in [4.78, 5) is 19.7. The van der Waals surface area contributed by atoms with Crippen LogP contribution in [0.25, 0.3) is 10.8 Å². The molecule has 2 aromatic rings. The number of carbonyl (C=O) groups is 1. The second-order valence-electron chi connectivity index (χ2n) is 5.41. The van der Waals surface area contributed by atoms with Crippen molar-refractivity contribution in [1.29, 1.82) is 0 Å². The summed E-state index contributed by atoms with van der Waals surface area (Å²) in [7, 11) is 1.87. The number of aromatic nitrogens is 1. The van der Waals surface area contributed by atoms with Gasteiger partial charge in [0, 0.05) is 19.6 Å². The van der Waals surface area contributed by atoms with Crippen LogP contribution in [0.15, 0.2) is 16.5 Å². The van der Waals surface area contributed by atoms with Gasteiger partial charge in [0.2, 0.25) is 0 Å². The molecule has 8 heteroatoms. The number of nitrogens with one attached hydrogen (secondary N) is 1. The molecule has 1 atom stereocenters. The molecule has 1 saturated heterocycles. The van der Waals surface area contributed by atoms with E-state index in [-0.39, 0.29) is 36.8 Å². The Morgan fingerprint density at radius 2 is 2.13 bits per heavy atom. The van der Waals surface area contributed by atoms with Gasteiger partial charge in [0.25, 0.3) is 5.91 Å². The SMILES string of the molecule is Cc1ccc(-c2nc(C)c(C(=O)N(C)C3CCNC3)s2)o1.Cl.Cl. The van der Waals surface area contributed by atoms with E-state index in [1.54, 1.807) is 0 Å². The lowest BCUT2D eigenvalue weighted by Gasteiger charge is -2.23. The molecule has 0 saturated carbocycles. The van der Waals surface area contributed by atoms with Gasteiger partial charge in [0.1, 0.15) is 10.6 Å². The number of carbonyl (C=O) groups excluding carboxylic acids is 1. The summed E-state index contributed by atoms with van der Waals surface area (Å²) in [6.07, 6.45) is 1.00. The first-order valence-electron chi connectivity index (χ1n) is 7.08. The molecule has 3 heterocycles. The van der Waals surface area contributed by atoms with Crippen LogP contribution in [0.5, 0.6) is 0 Å². The van der Waals surface area contributed by atoms with Gasteiger partial charge in [-0.2, -0.15) is 0 Å². The maximum Gasteiger partial charge on any atom is 0.265 e. The summed E-state index contributed by atoms with van der Waals surface area (Å²) in [5, 5.41) is 4.05. The minimum atomic E-state index is 0. The number of rotatable bonds is 3. The normalized spacial score (nSPS) is 16.6. The molecular formula is C15H21Cl2N3O2S. The Bertz CT molecular complexity index is 665. The monoisotopic (exact) mass is 377 g/mol. The quantitative estimate of drug-likeness (QED) is 0.891. The molecule has 1 fully saturated rings. The van der Waals surface area contributed by atoms with Crippen molar-refractivity contribution < 1.29 is 9.21 Å². The third kappa shape index (κ3) is 4.07. The second-order valence-corrected chi connectivity index (χ2v) is 6.41. The standard InChI is InChI=1S/C15H19N3O2S.2ClH/c1-9-4-5-12(20-9)14-17-10(2)13(21-14)15(19)18(3)11-6-7-16-8-11;;/h4-5,11,16H,6-8H2,1-3H3;2*1H. The van der Waals surface area contributed by atoms with Crippen LogP contribution in [0.2, 0.25) is 0 Å². The molecule has 0 spiro atoms. The highest BCUT2D eigenvalue weighted by molar-refractivity contribution is 7.17. The zero-order valence-electron chi connectivity index (χ0n) is 13.3. The van der Waals surface area contributed by atoms with Gasteiger partial charge in [0.05, 0.1) is 5.69 Å². The van der Waals surface area contributed by atoms with Gasteiger partial charge >= 0.3 is 0 Å². The largest absolute Gasteiger partial charge is 0.459 e. The van der Waals surface area contributed by atoms with Crippen molar-refractivity contribution in [3.8, 4) is 10.8 Å². The Morgan fingerprint density at radius 3 is 2.70 bits per heavy atom. The third-order valence-electron chi connectivity index (χ3n) is 3.84. The highest BCUT2D eigenvalue weighted by Gasteiger charge is 2.27. The van der Waals surface area contributed by atoms with Crippen molar-refractivity contribution in [2.24, 2.45) is 0 Å². The number of hydrogen-bond donors (Lipinski definition) is 1. The molecule has 1 amide bonds. The summed E-state index contributed by atoms with van der Waals surface area (Å²) in [6, 6.07) is 4.07. The summed E-state index contributed by atoms with van der Waals surface area (Å²) >= 11 is 1.40. The molecule has 0 bridgehead atoms. The molecule has 5 nitrogen and oxygen atoms in total. The second kappa shape index (κ2) is 8.15. The van der Waals surface area contributed by atoms with Gasteiger partial charge in [-0.1, -0.05) is 0 Å². The molecule has 0 aliphatic carbocycles. The van der Waals surface area contributed by atoms with E-state index in [0.29, 0.717) is 4.88 Å². The van der Waals surface area contributed by atoms with Crippen LogP contribution in [-0.4, -0.2) is 42.0 Å². The van der Waals surface area contributed by atoms with Crippen molar-refractivity contribution in [1.82, 2.24) is 15.2 Å². The number of furan rings is 1. The van der Waals surface area contributed by atoms with Crippen molar-refractivity contribution in [2.75, 3.05) is 20.1 Å². The van der Waals surface area contributed by atoms with Crippen LogP contribution in [0.4, 0.5) is 0 Å². The van der Waals surface area contributed by atoms with Crippen molar-refractivity contribution in [3.63, 3.8) is 0 Å². The van der Waals surface area contributed by atoms with Gasteiger partial charge in [0.15, 0.2) is 10.8 Å². The maximum atomic E-state index is 12.6. The molecule has 0 aromatic carbocycles.